The minimum atomic E-state index is -0.987. The molecule has 1 saturated carbocycles. The lowest BCUT2D eigenvalue weighted by Gasteiger charge is -2.28. The van der Waals surface area contributed by atoms with Crippen LogP contribution in [0.3, 0.4) is 0 Å². The van der Waals surface area contributed by atoms with E-state index in [4.69, 9.17) is 4.74 Å². The van der Waals surface area contributed by atoms with Crippen LogP contribution in [0.25, 0.3) is 11.1 Å². The average molecular weight is 437 g/mol. The average Bonchev–Trinajstić information content (AvgIpc) is 3.31. The summed E-state index contributed by atoms with van der Waals surface area (Å²) < 4.78 is 5.49. The van der Waals surface area contributed by atoms with Gasteiger partial charge in [-0.3, -0.25) is 9.59 Å². The minimum Gasteiger partial charge on any atom is -0.481 e. The van der Waals surface area contributed by atoms with E-state index >= 15 is 0 Å². The van der Waals surface area contributed by atoms with Crippen molar-refractivity contribution in [2.75, 3.05) is 6.61 Å². The Morgan fingerprint density at radius 2 is 1.69 bits per heavy atom. The van der Waals surface area contributed by atoms with E-state index in [0.717, 1.165) is 28.7 Å². The van der Waals surface area contributed by atoms with Crippen LogP contribution in [0.15, 0.2) is 48.5 Å². The number of amides is 2. The van der Waals surface area contributed by atoms with Crippen molar-refractivity contribution < 1.29 is 24.2 Å². The highest BCUT2D eigenvalue weighted by atomic mass is 16.5. The maximum Gasteiger partial charge on any atom is 0.407 e. The number of nitrogens with one attached hydrogen (secondary N) is 2. The van der Waals surface area contributed by atoms with Crippen molar-refractivity contribution in [2.45, 2.75) is 51.1 Å². The molecule has 2 aliphatic rings. The van der Waals surface area contributed by atoms with Crippen LogP contribution in [-0.4, -0.2) is 41.8 Å². The topological polar surface area (TPSA) is 105 Å². The number of benzene rings is 2. The van der Waals surface area contributed by atoms with Crippen LogP contribution < -0.4 is 10.6 Å². The van der Waals surface area contributed by atoms with Crippen LogP contribution in [0, 0.1) is 5.41 Å². The van der Waals surface area contributed by atoms with Gasteiger partial charge in [0.15, 0.2) is 0 Å². The molecule has 168 valence electrons. The van der Waals surface area contributed by atoms with E-state index in [1.807, 2.05) is 36.4 Å². The number of carbonyl (C=O) groups excluding carboxylic acids is 2. The number of carboxylic acid groups (broad SMARTS) is 1. The van der Waals surface area contributed by atoms with Crippen molar-refractivity contribution in [1.29, 1.82) is 0 Å². The van der Waals surface area contributed by atoms with Gasteiger partial charge in [-0.1, -0.05) is 55.0 Å². The summed E-state index contributed by atoms with van der Waals surface area (Å²) >= 11 is 0. The van der Waals surface area contributed by atoms with Crippen LogP contribution in [0.2, 0.25) is 0 Å². The summed E-state index contributed by atoms with van der Waals surface area (Å²) in [6.45, 7) is 3.37. The molecular weight excluding hydrogens is 408 g/mol. The Bertz CT molecular complexity index is 1010. The zero-order valence-corrected chi connectivity index (χ0v) is 18.3. The maximum absolute atomic E-state index is 12.6. The number of alkyl carbamates (subject to hydrolysis) is 1. The summed E-state index contributed by atoms with van der Waals surface area (Å²) in [6, 6.07) is 14.8. The second kappa shape index (κ2) is 8.65. The lowest BCUT2D eigenvalue weighted by atomic mass is 9.85. The number of carboxylic acids is 1. The van der Waals surface area contributed by atoms with Gasteiger partial charge in [-0.25, -0.2) is 4.79 Å². The SMILES string of the molecule is C[C@@H](NC(=O)OCC1c2ccccc2-c2ccccc21)C(=O)NC1CCCC1(C)C(=O)O. The number of carbonyl (C=O) groups is 3. The van der Waals surface area contributed by atoms with E-state index < -0.39 is 35.5 Å². The fourth-order valence-electron chi connectivity index (χ4n) is 4.83. The van der Waals surface area contributed by atoms with E-state index in [1.54, 1.807) is 13.8 Å². The number of hydrogen-bond acceptors (Lipinski definition) is 4. The number of rotatable bonds is 6. The molecule has 3 atom stereocenters. The highest BCUT2D eigenvalue weighted by molar-refractivity contribution is 5.86. The lowest BCUT2D eigenvalue weighted by Crippen LogP contribution is -2.53. The molecule has 0 aliphatic heterocycles. The third-order valence-electron chi connectivity index (χ3n) is 6.83. The number of hydrogen-bond donors (Lipinski definition) is 3. The number of fused-ring (bicyclic) bond motifs is 3. The molecule has 1 fully saturated rings. The summed E-state index contributed by atoms with van der Waals surface area (Å²) in [4.78, 5) is 36.6. The molecule has 0 bridgehead atoms. The summed E-state index contributed by atoms with van der Waals surface area (Å²) in [5, 5.41) is 14.9. The van der Waals surface area contributed by atoms with Crippen molar-refractivity contribution >= 4 is 18.0 Å². The Morgan fingerprint density at radius 1 is 1.09 bits per heavy atom. The molecule has 0 radical (unpaired) electrons. The van der Waals surface area contributed by atoms with Crippen LogP contribution >= 0.6 is 0 Å². The van der Waals surface area contributed by atoms with Gasteiger partial charge in [0.25, 0.3) is 0 Å². The maximum atomic E-state index is 12.6. The van der Waals surface area contributed by atoms with Crippen LogP contribution in [-0.2, 0) is 14.3 Å². The second-order valence-electron chi connectivity index (χ2n) is 8.87. The number of ether oxygens (including phenoxy) is 1. The Hall–Kier alpha value is -3.35. The Labute approximate surface area is 187 Å². The first-order valence-corrected chi connectivity index (χ1v) is 11.0. The summed E-state index contributed by atoms with van der Waals surface area (Å²) in [5.41, 5.74) is 3.52. The molecule has 0 spiro atoms. The van der Waals surface area contributed by atoms with Crippen molar-refractivity contribution in [3.05, 3.63) is 59.7 Å². The van der Waals surface area contributed by atoms with Crippen molar-refractivity contribution in [3.63, 3.8) is 0 Å². The first kappa shape index (κ1) is 21.9. The van der Waals surface area contributed by atoms with Crippen LogP contribution in [0.5, 0.6) is 0 Å². The molecule has 0 aromatic heterocycles. The molecule has 4 rings (SSSR count). The van der Waals surface area contributed by atoms with Crippen LogP contribution in [0.1, 0.15) is 50.2 Å². The molecule has 2 aromatic rings. The van der Waals surface area contributed by atoms with Gasteiger partial charge in [0.05, 0.1) is 5.41 Å². The van der Waals surface area contributed by atoms with Gasteiger partial charge in [0.2, 0.25) is 5.91 Å². The van der Waals surface area contributed by atoms with Gasteiger partial charge < -0.3 is 20.5 Å². The summed E-state index contributed by atoms with van der Waals surface area (Å²) in [6.07, 6.45) is 1.18. The fraction of sp³-hybridized carbons (Fsp3) is 0.400. The monoisotopic (exact) mass is 436 g/mol. The van der Waals surface area contributed by atoms with E-state index in [9.17, 15) is 19.5 Å². The Morgan fingerprint density at radius 3 is 2.28 bits per heavy atom. The molecule has 7 heteroatoms. The van der Waals surface area contributed by atoms with E-state index in [0.29, 0.717) is 12.8 Å². The number of aliphatic carboxylic acids is 1. The third-order valence-corrected chi connectivity index (χ3v) is 6.83. The molecular formula is C25H28N2O5. The highest BCUT2D eigenvalue weighted by Gasteiger charge is 2.46. The first-order chi connectivity index (χ1) is 15.3. The molecule has 3 N–H and O–H groups in total. The van der Waals surface area contributed by atoms with Gasteiger partial charge in [0, 0.05) is 12.0 Å². The predicted octanol–water partition coefficient (Wildman–Crippen LogP) is 3.67. The first-order valence-electron chi connectivity index (χ1n) is 11.0. The highest BCUT2D eigenvalue weighted by Crippen LogP contribution is 2.44. The third kappa shape index (κ3) is 3.95. The van der Waals surface area contributed by atoms with Gasteiger partial charge >= 0.3 is 12.1 Å². The molecule has 7 nitrogen and oxygen atoms in total. The normalized spacial score (nSPS) is 22.5. The molecule has 2 unspecified atom stereocenters. The van der Waals surface area contributed by atoms with E-state index in [2.05, 4.69) is 22.8 Å². The quantitative estimate of drug-likeness (QED) is 0.641. The zero-order chi connectivity index (χ0) is 22.9. The predicted molar refractivity (Wildman–Crippen MR) is 119 cm³/mol. The largest absolute Gasteiger partial charge is 0.481 e. The standard InChI is InChI=1S/C25H28N2O5/c1-15(22(28)27-21-12-7-13-25(21,2)23(29)30)26-24(31)32-14-20-18-10-5-3-8-16(18)17-9-4-6-11-19(17)20/h3-6,8-11,15,20-21H,7,12-14H2,1-2H3,(H,26,31)(H,27,28)(H,29,30)/t15-,21?,25?/m1/s1. The summed E-state index contributed by atoms with van der Waals surface area (Å²) in [7, 11) is 0. The van der Waals surface area contributed by atoms with Crippen molar-refractivity contribution in [3.8, 4) is 11.1 Å². The minimum absolute atomic E-state index is 0.0629. The van der Waals surface area contributed by atoms with Gasteiger partial charge in [-0.05, 0) is 48.9 Å². The molecule has 2 amide bonds. The van der Waals surface area contributed by atoms with Gasteiger partial charge in [0.1, 0.15) is 12.6 Å². The zero-order valence-electron chi connectivity index (χ0n) is 18.3. The summed E-state index contributed by atoms with van der Waals surface area (Å²) in [5.74, 6) is -1.40. The van der Waals surface area contributed by atoms with Crippen molar-refractivity contribution in [2.24, 2.45) is 5.41 Å². The Kier molecular flexibility index (Phi) is 5.91. The van der Waals surface area contributed by atoms with Crippen LogP contribution in [0.4, 0.5) is 4.79 Å². The molecule has 32 heavy (non-hydrogen) atoms. The van der Waals surface area contributed by atoms with Gasteiger partial charge in [-0.15, -0.1) is 0 Å². The molecule has 2 aromatic carbocycles. The second-order valence-corrected chi connectivity index (χ2v) is 8.87. The molecule has 0 heterocycles. The van der Waals surface area contributed by atoms with Crippen molar-refractivity contribution in [1.82, 2.24) is 10.6 Å². The lowest BCUT2D eigenvalue weighted by molar-refractivity contribution is -0.149. The smallest absolute Gasteiger partial charge is 0.407 e. The van der Waals surface area contributed by atoms with E-state index in [-0.39, 0.29) is 12.5 Å². The molecule has 2 aliphatic carbocycles. The van der Waals surface area contributed by atoms with E-state index in [1.165, 1.54) is 0 Å². The molecule has 0 saturated heterocycles. The Balaban J connectivity index is 1.34. The van der Waals surface area contributed by atoms with Gasteiger partial charge in [-0.2, -0.15) is 0 Å². The fourth-order valence-corrected chi connectivity index (χ4v) is 4.83.